The molecular weight excluding hydrogens is 300 g/mol. The van der Waals surface area contributed by atoms with Gasteiger partial charge in [0, 0.05) is 6.42 Å². The number of carbonyl (C=O) groups excluding carboxylic acids is 1. The van der Waals surface area contributed by atoms with Crippen LogP contribution >= 0.6 is 0 Å². The largest absolute Gasteiger partial charge is 0.481 e. The Morgan fingerprint density at radius 2 is 1.43 bits per heavy atom. The van der Waals surface area contributed by atoms with Gasteiger partial charge in [-0.2, -0.15) is 0 Å². The highest BCUT2D eigenvalue weighted by Gasteiger charge is 2.29. The zero-order valence-electron chi connectivity index (χ0n) is 14.4. The van der Waals surface area contributed by atoms with E-state index in [-0.39, 0.29) is 17.8 Å². The summed E-state index contributed by atoms with van der Waals surface area (Å²) in [6.07, 6.45) is 4.67. The minimum absolute atomic E-state index is 0.0619. The van der Waals surface area contributed by atoms with Gasteiger partial charge >= 0.3 is 17.9 Å². The Hall–Kier alpha value is -1.59. The van der Waals surface area contributed by atoms with E-state index in [4.69, 9.17) is 14.9 Å². The monoisotopic (exact) mass is 330 g/mol. The third kappa shape index (κ3) is 10.7. The highest BCUT2D eigenvalue weighted by molar-refractivity contribution is 5.72. The van der Waals surface area contributed by atoms with E-state index in [1.165, 1.54) is 0 Å². The summed E-state index contributed by atoms with van der Waals surface area (Å²) < 4.78 is 4.78. The summed E-state index contributed by atoms with van der Waals surface area (Å²) in [7, 11) is 0. The number of hydrogen-bond acceptors (Lipinski definition) is 4. The van der Waals surface area contributed by atoms with Crippen molar-refractivity contribution < 1.29 is 29.3 Å². The van der Waals surface area contributed by atoms with Crippen LogP contribution in [0.15, 0.2) is 0 Å². The molecule has 0 aromatic carbocycles. The summed E-state index contributed by atoms with van der Waals surface area (Å²) in [4.78, 5) is 31.8. The van der Waals surface area contributed by atoms with Crippen molar-refractivity contribution in [3.8, 4) is 0 Å². The minimum atomic E-state index is -0.793. The molecule has 6 heteroatoms. The quantitative estimate of drug-likeness (QED) is 0.694. The lowest BCUT2D eigenvalue weighted by atomic mass is 9.82. The van der Waals surface area contributed by atoms with E-state index in [1.807, 2.05) is 6.92 Å². The molecule has 0 aromatic heterocycles. The molecule has 6 nitrogen and oxygen atoms in total. The fourth-order valence-electron chi connectivity index (χ4n) is 2.48. The molecule has 2 N–H and O–H groups in total. The summed E-state index contributed by atoms with van der Waals surface area (Å²) in [5, 5.41) is 17.2. The first-order valence-electron chi connectivity index (χ1n) is 8.39. The average Bonchev–Trinajstić information content (AvgIpc) is 2.47. The van der Waals surface area contributed by atoms with Gasteiger partial charge in [0.1, 0.15) is 0 Å². The molecule has 0 spiro atoms. The maximum absolute atomic E-state index is 10.8. The predicted octanol–water partition coefficient (Wildman–Crippen LogP) is 3.34. The standard InChI is InChI=1S/C9H18O2.C8H12O4/c1-4-11-9(10)7-5-6-8(2)3;9-7(10)5-1-2-6(4-3-5)8(11)12/h8H,4-7H2,1-3H3;5-6H,1-4H2,(H,9,10)(H,11,12). The number of carbonyl (C=O) groups is 3. The topological polar surface area (TPSA) is 101 Å². The Bertz CT molecular complexity index is 347. The molecule has 1 aliphatic carbocycles. The molecule has 0 bridgehead atoms. The predicted molar refractivity (Wildman–Crippen MR) is 86.0 cm³/mol. The zero-order chi connectivity index (χ0) is 17.8. The van der Waals surface area contributed by atoms with Crippen LogP contribution in [0.5, 0.6) is 0 Å². The first kappa shape index (κ1) is 21.4. The van der Waals surface area contributed by atoms with Crippen LogP contribution < -0.4 is 0 Å². The number of carboxylic acids is 2. The van der Waals surface area contributed by atoms with Gasteiger partial charge in [-0.05, 0) is 44.9 Å². The smallest absolute Gasteiger partial charge is 0.306 e. The fraction of sp³-hybridized carbons (Fsp3) is 0.824. The summed E-state index contributed by atoms with van der Waals surface area (Å²) in [5.74, 6) is -1.60. The Kier molecular flexibility index (Phi) is 11.1. The van der Waals surface area contributed by atoms with E-state index >= 15 is 0 Å². The second-order valence-corrected chi connectivity index (χ2v) is 6.32. The van der Waals surface area contributed by atoms with Crippen molar-refractivity contribution in [2.45, 2.75) is 65.7 Å². The van der Waals surface area contributed by atoms with E-state index < -0.39 is 11.9 Å². The highest BCUT2D eigenvalue weighted by atomic mass is 16.5. The number of esters is 1. The van der Waals surface area contributed by atoms with Crippen molar-refractivity contribution in [2.24, 2.45) is 17.8 Å². The molecule has 0 aromatic rings. The molecule has 1 fully saturated rings. The van der Waals surface area contributed by atoms with Gasteiger partial charge in [0.05, 0.1) is 18.4 Å². The van der Waals surface area contributed by atoms with Crippen LogP contribution in [-0.2, 0) is 19.1 Å². The molecular formula is C17H30O6. The SMILES string of the molecule is CCOC(=O)CCCC(C)C.O=C(O)C1CCC(C(=O)O)CC1. The lowest BCUT2D eigenvalue weighted by Gasteiger charge is -2.22. The minimum Gasteiger partial charge on any atom is -0.481 e. The second-order valence-electron chi connectivity index (χ2n) is 6.32. The molecule has 0 saturated heterocycles. The molecule has 1 rings (SSSR count). The molecule has 134 valence electrons. The van der Waals surface area contributed by atoms with Crippen LogP contribution in [0.3, 0.4) is 0 Å². The zero-order valence-corrected chi connectivity index (χ0v) is 14.4. The van der Waals surface area contributed by atoms with Crippen LogP contribution in [0.25, 0.3) is 0 Å². The second kappa shape index (κ2) is 11.9. The van der Waals surface area contributed by atoms with Crippen LogP contribution in [0.1, 0.15) is 65.7 Å². The van der Waals surface area contributed by atoms with Crippen LogP contribution in [0.2, 0.25) is 0 Å². The van der Waals surface area contributed by atoms with Crippen LogP contribution in [0.4, 0.5) is 0 Å². The van der Waals surface area contributed by atoms with Crippen molar-refractivity contribution in [1.29, 1.82) is 0 Å². The maximum atomic E-state index is 10.8. The van der Waals surface area contributed by atoms with Crippen molar-refractivity contribution in [3.63, 3.8) is 0 Å². The van der Waals surface area contributed by atoms with Gasteiger partial charge in [-0.15, -0.1) is 0 Å². The molecule has 0 aliphatic heterocycles. The van der Waals surface area contributed by atoms with E-state index in [2.05, 4.69) is 13.8 Å². The maximum Gasteiger partial charge on any atom is 0.306 e. The molecule has 0 atom stereocenters. The molecule has 0 radical (unpaired) electrons. The van der Waals surface area contributed by atoms with Gasteiger partial charge in [0.2, 0.25) is 0 Å². The van der Waals surface area contributed by atoms with Gasteiger partial charge in [-0.25, -0.2) is 0 Å². The third-order valence-corrected chi connectivity index (χ3v) is 3.89. The Morgan fingerprint density at radius 3 is 1.74 bits per heavy atom. The first-order chi connectivity index (χ1) is 10.8. The van der Waals surface area contributed by atoms with E-state index in [0.29, 0.717) is 44.6 Å². The molecule has 1 saturated carbocycles. The van der Waals surface area contributed by atoms with Gasteiger partial charge in [-0.1, -0.05) is 20.3 Å². The van der Waals surface area contributed by atoms with Crippen molar-refractivity contribution in [1.82, 2.24) is 0 Å². The Labute approximate surface area is 138 Å². The average molecular weight is 330 g/mol. The number of carboxylic acid groups (broad SMARTS) is 2. The molecule has 23 heavy (non-hydrogen) atoms. The molecule has 0 amide bonds. The third-order valence-electron chi connectivity index (χ3n) is 3.89. The van der Waals surface area contributed by atoms with Crippen molar-refractivity contribution in [3.05, 3.63) is 0 Å². The van der Waals surface area contributed by atoms with E-state index in [1.54, 1.807) is 0 Å². The number of rotatable bonds is 7. The van der Waals surface area contributed by atoms with Crippen molar-refractivity contribution in [2.75, 3.05) is 6.61 Å². The molecule has 0 unspecified atom stereocenters. The first-order valence-corrected chi connectivity index (χ1v) is 8.39. The normalized spacial score (nSPS) is 20.3. The Morgan fingerprint density at radius 1 is 1.00 bits per heavy atom. The summed E-state index contributed by atoms with van der Waals surface area (Å²) >= 11 is 0. The van der Waals surface area contributed by atoms with Crippen LogP contribution in [0, 0.1) is 17.8 Å². The summed E-state index contributed by atoms with van der Waals surface area (Å²) in [6, 6.07) is 0. The number of aliphatic carboxylic acids is 2. The summed E-state index contributed by atoms with van der Waals surface area (Å²) in [5.41, 5.74) is 0. The summed E-state index contributed by atoms with van der Waals surface area (Å²) in [6.45, 7) is 6.65. The van der Waals surface area contributed by atoms with Gasteiger partial charge in [-0.3, -0.25) is 14.4 Å². The van der Waals surface area contributed by atoms with Gasteiger partial charge in [0.15, 0.2) is 0 Å². The van der Waals surface area contributed by atoms with E-state index in [0.717, 1.165) is 12.8 Å². The molecule has 1 aliphatic rings. The lowest BCUT2D eigenvalue weighted by molar-refractivity contribution is -0.148. The van der Waals surface area contributed by atoms with E-state index in [9.17, 15) is 14.4 Å². The Balaban J connectivity index is 0.000000423. The lowest BCUT2D eigenvalue weighted by Crippen LogP contribution is -2.25. The van der Waals surface area contributed by atoms with Gasteiger partial charge in [0.25, 0.3) is 0 Å². The highest BCUT2D eigenvalue weighted by Crippen LogP contribution is 2.28. The van der Waals surface area contributed by atoms with Crippen molar-refractivity contribution >= 4 is 17.9 Å². The fourth-order valence-corrected chi connectivity index (χ4v) is 2.48. The number of ether oxygens (including phenoxy) is 1. The van der Waals surface area contributed by atoms with Crippen LogP contribution in [-0.4, -0.2) is 34.7 Å². The van der Waals surface area contributed by atoms with Gasteiger partial charge < -0.3 is 14.9 Å². The molecule has 0 heterocycles. The number of hydrogen-bond donors (Lipinski definition) is 2.